The highest BCUT2D eigenvalue weighted by molar-refractivity contribution is 5.82. The minimum absolute atomic E-state index is 0.0648. The molecular formula is C25H40N2O4. The number of carbonyl (C=O) groups is 2. The Balaban J connectivity index is 1.73. The Bertz CT molecular complexity index is 759. The maximum atomic E-state index is 12.8. The molecule has 2 rings (SSSR count). The molecule has 6 heteroatoms. The molecule has 0 unspecified atom stereocenters. The summed E-state index contributed by atoms with van der Waals surface area (Å²) in [7, 11) is 0. The predicted molar refractivity (Wildman–Crippen MR) is 123 cm³/mol. The van der Waals surface area contributed by atoms with E-state index in [2.05, 4.69) is 30.4 Å². The second kappa shape index (κ2) is 10.4. The van der Waals surface area contributed by atoms with E-state index in [1.165, 1.54) is 5.56 Å². The Morgan fingerprint density at radius 1 is 1.10 bits per heavy atom. The van der Waals surface area contributed by atoms with Crippen LogP contribution in [0, 0.1) is 19.3 Å². The zero-order chi connectivity index (χ0) is 23.2. The van der Waals surface area contributed by atoms with Gasteiger partial charge in [-0.25, -0.2) is 4.79 Å². The first-order chi connectivity index (χ1) is 14.4. The van der Waals surface area contributed by atoms with Crippen molar-refractivity contribution in [3.05, 3.63) is 29.3 Å². The van der Waals surface area contributed by atoms with Crippen molar-refractivity contribution in [2.45, 2.75) is 85.8 Å². The van der Waals surface area contributed by atoms with Crippen LogP contribution in [0.5, 0.6) is 5.75 Å². The Morgan fingerprint density at radius 3 is 2.35 bits per heavy atom. The van der Waals surface area contributed by atoms with Gasteiger partial charge < -0.3 is 19.7 Å². The van der Waals surface area contributed by atoms with Crippen LogP contribution >= 0.6 is 0 Å². The van der Waals surface area contributed by atoms with Gasteiger partial charge in [0.05, 0.1) is 6.61 Å². The number of rotatable bonds is 7. The number of aryl methyl sites for hydroxylation is 2. The molecule has 1 aromatic carbocycles. The average Bonchev–Trinajstić information content (AvgIpc) is 2.67. The van der Waals surface area contributed by atoms with E-state index >= 15 is 0 Å². The SMILES string of the molecule is Cc1ccc(C)c(OCCCC(C)(C)C(=O)NC2CCN(C(=O)OC(C)(C)C)CC2)c1. The lowest BCUT2D eigenvalue weighted by Crippen LogP contribution is -2.50. The third kappa shape index (κ3) is 8.08. The highest BCUT2D eigenvalue weighted by Gasteiger charge is 2.32. The van der Waals surface area contributed by atoms with E-state index in [1.807, 2.05) is 41.5 Å². The molecule has 6 nitrogen and oxygen atoms in total. The molecule has 31 heavy (non-hydrogen) atoms. The van der Waals surface area contributed by atoms with E-state index in [9.17, 15) is 9.59 Å². The number of carbonyl (C=O) groups excluding carboxylic acids is 2. The van der Waals surface area contributed by atoms with E-state index < -0.39 is 11.0 Å². The number of likely N-dealkylation sites (tertiary alicyclic amines) is 1. The molecule has 0 aromatic heterocycles. The fourth-order valence-electron chi connectivity index (χ4n) is 3.59. The molecule has 0 spiro atoms. The Hall–Kier alpha value is -2.24. The van der Waals surface area contributed by atoms with Crippen molar-refractivity contribution in [3.8, 4) is 5.75 Å². The van der Waals surface area contributed by atoms with Crippen LogP contribution in [0.2, 0.25) is 0 Å². The Morgan fingerprint density at radius 2 is 1.74 bits per heavy atom. The second-order valence-electron chi connectivity index (χ2n) is 10.3. The summed E-state index contributed by atoms with van der Waals surface area (Å²) in [6.07, 6.45) is 2.78. The van der Waals surface area contributed by atoms with E-state index in [0.717, 1.165) is 37.0 Å². The second-order valence-corrected chi connectivity index (χ2v) is 10.3. The Labute approximate surface area is 187 Å². The van der Waals surface area contributed by atoms with Crippen LogP contribution < -0.4 is 10.1 Å². The minimum atomic E-state index is -0.492. The summed E-state index contributed by atoms with van der Waals surface area (Å²) >= 11 is 0. The zero-order valence-electron chi connectivity index (χ0n) is 20.3. The maximum Gasteiger partial charge on any atom is 0.410 e. The number of benzene rings is 1. The van der Waals surface area contributed by atoms with Gasteiger partial charge in [-0.2, -0.15) is 0 Å². The lowest BCUT2D eigenvalue weighted by atomic mass is 9.86. The molecule has 0 atom stereocenters. The smallest absolute Gasteiger partial charge is 0.410 e. The first kappa shape index (κ1) is 25.0. The Kier molecular flexibility index (Phi) is 8.38. The molecule has 1 aromatic rings. The standard InChI is InChI=1S/C25H40N2O4/c1-18-9-10-19(2)21(17-18)30-16-8-13-25(6,7)22(28)26-20-11-14-27(15-12-20)23(29)31-24(3,4)5/h9-10,17,20H,8,11-16H2,1-7H3,(H,26,28). The van der Waals surface area contributed by atoms with Crippen LogP contribution in [0.4, 0.5) is 4.79 Å². The normalized spacial score (nSPS) is 15.5. The van der Waals surface area contributed by atoms with Gasteiger partial charge in [0, 0.05) is 24.5 Å². The lowest BCUT2D eigenvalue weighted by molar-refractivity contribution is -0.130. The van der Waals surface area contributed by atoms with Gasteiger partial charge >= 0.3 is 6.09 Å². The van der Waals surface area contributed by atoms with E-state index in [1.54, 1.807) is 4.90 Å². The van der Waals surface area contributed by atoms with E-state index in [-0.39, 0.29) is 18.0 Å². The quantitative estimate of drug-likeness (QED) is 0.616. The lowest BCUT2D eigenvalue weighted by Gasteiger charge is -2.35. The summed E-state index contributed by atoms with van der Waals surface area (Å²) in [5.74, 6) is 0.981. The van der Waals surface area contributed by atoms with Crippen LogP contribution in [0.1, 0.15) is 71.4 Å². The van der Waals surface area contributed by atoms with Gasteiger partial charge in [-0.15, -0.1) is 0 Å². The van der Waals surface area contributed by atoms with Crippen molar-refractivity contribution in [2.24, 2.45) is 5.41 Å². The largest absolute Gasteiger partial charge is 0.493 e. The van der Waals surface area contributed by atoms with Crippen LogP contribution in [0.3, 0.4) is 0 Å². The van der Waals surface area contributed by atoms with Gasteiger partial charge in [-0.05, 0) is 77.5 Å². The number of hydrogen-bond acceptors (Lipinski definition) is 4. The minimum Gasteiger partial charge on any atom is -0.493 e. The van der Waals surface area contributed by atoms with Crippen molar-refractivity contribution in [1.29, 1.82) is 0 Å². The molecule has 1 heterocycles. The topological polar surface area (TPSA) is 67.9 Å². The highest BCUT2D eigenvalue weighted by atomic mass is 16.6. The number of hydrogen-bond donors (Lipinski definition) is 1. The van der Waals surface area contributed by atoms with Crippen LogP contribution in [-0.4, -0.2) is 48.2 Å². The maximum absolute atomic E-state index is 12.8. The van der Waals surface area contributed by atoms with E-state index in [0.29, 0.717) is 19.7 Å². The monoisotopic (exact) mass is 432 g/mol. The molecule has 0 aliphatic carbocycles. The van der Waals surface area contributed by atoms with Crippen LogP contribution in [0.25, 0.3) is 0 Å². The molecule has 1 aliphatic rings. The van der Waals surface area contributed by atoms with Gasteiger partial charge in [-0.1, -0.05) is 26.0 Å². The summed E-state index contributed by atoms with van der Waals surface area (Å²) in [6, 6.07) is 6.29. The number of ether oxygens (including phenoxy) is 2. The number of amides is 2. The number of nitrogens with zero attached hydrogens (tertiary/aromatic N) is 1. The first-order valence-corrected chi connectivity index (χ1v) is 11.4. The fourth-order valence-corrected chi connectivity index (χ4v) is 3.59. The fraction of sp³-hybridized carbons (Fsp3) is 0.680. The molecule has 1 saturated heterocycles. The van der Waals surface area contributed by atoms with Crippen LogP contribution in [-0.2, 0) is 9.53 Å². The van der Waals surface area contributed by atoms with Gasteiger partial charge in [0.25, 0.3) is 0 Å². The summed E-state index contributed by atoms with van der Waals surface area (Å²) in [6.45, 7) is 15.5. The average molecular weight is 433 g/mol. The van der Waals surface area contributed by atoms with Crippen molar-refractivity contribution >= 4 is 12.0 Å². The highest BCUT2D eigenvalue weighted by Crippen LogP contribution is 2.25. The van der Waals surface area contributed by atoms with Crippen molar-refractivity contribution in [3.63, 3.8) is 0 Å². The van der Waals surface area contributed by atoms with Gasteiger partial charge in [-0.3, -0.25) is 4.79 Å². The molecule has 1 aliphatic heterocycles. The summed E-state index contributed by atoms with van der Waals surface area (Å²) in [5.41, 5.74) is 1.35. The third-order valence-electron chi connectivity index (χ3n) is 5.64. The van der Waals surface area contributed by atoms with Crippen molar-refractivity contribution < 1.29 is 19.1 Å². The molecule has 0 radical (unpaired) electrons. The van der Waals surface area contributed by atoms with Gasteiger partial charge in [0.2, 0.25) is 5.91 Å². The molecule has 1 N–H and O–H groups in total. The molecule has 0 saturated carbocycles. The third-order valence-corrected chi connectivity index (χ3v) is 5.64. The number of nitrogens with one attached hydrogen (secondary N) is 1. The molecular weight excluding hydrogens is 392 g/mol. The van der Waals surface area contributed by atoms with Gasteiger partial charge in [0.15, 0.2) is 0 Å². The summed E-state index contributed by atoms with van der Waals surface area (Å²) in [4.78, 5) is 26.8. The molecule has 1 fully saturated rings. The van der Waals surface area contributed by atoms with Gasteiger partial charge in [0.1, 0.15) is 11.4 Å². The van der Waals surface area contributed by atoms with Crippen LogP contribution in [0.15, 0.2) is 18.2 Å². The summed E-state index contributed by atoms with van der Waals surface area (Å²) in [5, 5.41) is 3.18. The molecule has 2 amide bonds. The van der Waals surface area contributed by atoms with Crippen molar-refractivity contribution in [1.82, 2.24) is 10.2 Å². The zero-order valence-corrected chi connectivity index (χ0v) is 20.3. The summed E-state index contributed by atoms with van der Waals surface area (Å²) < 4.78 is 11.4. The van der Waals surface area contributed by atoms with Crippen molar-refractivity contribution in [2.75, 3.05) is 19.7 Å². The molecule has 174 valence electrons. The number of piperidine rings is 1. The van der Waals surface area contributed by atoms with E-state index in [4.69, 9.17) is 9.47 Å². The first-order valence-electron chi connectivity index (χ1n) is 11.4. The predicted octanol–water partition coefficient (Wildman–Crippen LogP) is 5.00. The molecule has 0 bridgehead atoms.